The van der Waals surface area contributed by atoms with Gasteiger partial charge in [-0.1, -0.05) is 45.0 Å². The molecular weight excluding hydrogens is 526 g/mol. The first-order chi connectivity index (χ1) is 18.8. The number of amides is 1. The molecule has 0 radical (unpaired) electrons. The molecule has 0 aliphatic carbocycles. The van der Waals surface area contributed by atoms with E-state index in [1.54, 1.807) is 11.0 Å². The third-order valence-electron chi connectivity index (χ3n) is 7.53. The minimum absolute atomic E-state index is 0.0157. The molecule has 40 heavy (non-hydrogen) atoms. The molecule has 0 unspecified atom stereocenters. The van der Waals surface area contributed by atoms with Gasteiger partial charge in [-0.05, 0) is 65.8 Å². The van der Waals surface area contributed by atoms with Crippen LogP contribution in [0.4, 0.5) is 17.1 Å². The SMILES string of the molecule is C[C@@H]1CN(c2cc(C(C)(C)C)ccc2-c2ccc3c(c2)CCN(c2ccc(O)c(NS(C)(=O)=O)c2)C3=O)CCO1. The highest BCUT2D eigenvalue weighted by molar-refractivity contribution is 7.92. The molecule has 0 aromatic heterocycles. The van der Waals surface area contributed by atoms with Gasteiger partial charge in [-0.25, -0.2) is 8.42 Å². The quantitative estimate of drug-likeness (QED) is 0.417. The second-order valence-corrected chi connectivity index (χ2v) is 13.5. The van der Waals surface area contributed by atoms with Gasteiger partial charge >= 0.3 is 0 Å². The summed E-state index contributed by atoms with van der Waals surface area (Å²) in [4.78, 5) is 17.6. The van der Waals surface area contributed by atoms with Crippen LogP contribution in [0.3, 0.4) is 0 Å². The summed E-state index contributed by atoms with van der Waals surface area (Å²) in [6.07, 6.45) is 1.81. The Labute approximate surface area is 236 Å². The van der Waals surface area contributed by atoms with Crippen molar-refractivity contribution < 1.29 is 23.1 Å². The molecule has 1 atom stereocenters. The standard InChI is InChI=1S/C31H37N3O5S/c1-20-19-33(14-15-39-20)28-17-23(31(2,3)4)7-10-25(28)21-6-9-26-22(16-21)12-13-34(30(26)36)24-8-11-29(35)27(18-24)32-40(5,37)38/h6-11,16-18,20,32,35H,12-15,19H2,1-5H3/t20-/m1/s1. The Morgan fingerprint density at radius 2 is 1.75 bits per heavy atom. The predicted octanol–water partition coefficient (Wildman–Crippen LogP) is 5.16. The first-order valence-corrected chi connectivity index (χ1v) is 15.5. The molecule has 8 nitrogen and oxygen atoms in total. The molecule has 2 aliphatic rings. The minimum Gasteiger partial charge on any atom is -0.506 e. The van der Waals surface area contributed by atoms with Crippen molar-refractivity contribution in [1.82, 2.24) is 0 Å². The van der Waals surface area contributed by atoms with Crippen LogP contribution >= 0.6 is 0 Å². The van der Waals surface area contributed by atoms with Crippen molar-refractivity contribution in [2.45, 2.75) is 45.6 Å². The summed E-state index contributed by atoms with van der Waals surface area (Å²) in [7, 11) is -3.59. The summed E-state index contributed by atoms with van der Waals surface area (Å²) < 4.78 is 31.5. The molecule has 3 aromatic rings. The van der Waals surface area contributed by atoms with Crippen LogP contribution < -0.4 is 14.5 Å². The van der Waals surface area contributed by atoms with Gasteiger partial charge < -0.3 is 19.6 Å². The zero-order valence-corrected chi connectivity index (χ0v) is 24.5. The van der Waals surface area contributed by atoms with Crippen molar-refractivity contribution in [3.05, 3.63) is 71.3 Å². The molecule has 212 valence electrons. The van der Waals surface area contributed by atoms with E-state index >= 15 is 0 Å². The highest BCUT2D eigenvalue weighted by atomic mass is 32.2. The van der Waals surface area contributed by atoms with E-state index in [0.29, 0.717) is 30.8 Å². The Hall–Kier alpha value is -3.56. The average Bonchev–Trinajstić information content (AvgIpc) is 2.88. The topological polar surface area (TPSA) is 99.2 Å². The smallest absolute Gasteiger partial charge is 0.258 e. The summed E-state index contributed by atoms with van der Waals surface area (Å²) in [5.74, 6) is -0.360. The van der Waals surface area contributed by atoms with E-state index in [2.05, 4.69) is 61.6 Å². The average molecular weight is 564 g/mol. The maximum atomic E-state index is 13.6. The molecule has 3 aromatic carbocycles. The highest BCUT2D eigenvalue weighted by Gasteiger charge is 2.28. The lowest BCUT2D eigenvalue weighted by Gasteiger charge is -2.35. The molecular formula is C31H37N3O5S. The van der Waals surface area contributed by atoms with Crippen LogP contribution in [0, 0.1) is 0 Å². The van der Waals surface area contributed by atoms with Crippen molar-refractivity contribution in [2.75, 3.05) is 47.0 Å². The first kappa shape index (κ1) is 28.0. The third-order valence-corrected chi connectivity index (χ3v) is 8.12. The van der Waals surface area contributed by atoms with Gasteiger partial charge in [-0.2, -0.15) is 0 Å². The second kappa shape index (κ2) is 10.4. The van der Waals surface area contributed by atoms with E-state index < -0.39 is 10.0 Å². The van der Waals surface area contributed by atoms with E-state index in [1.165, 1.54) is 23.4 Å². The van der Waals surface area contributed by atoms with Crippen molar-refractivity contribution in [3.8, 4) is 16.9 Å². The maximum Gasteiger partial charge on any atom is 0.258 e. The molecule has 0 bridgehead atoms. The lowest BCUT2D eigenvalue weighted by atomic mass is 9.84. The van der Waals surface area contributed by atoms with Crippen molar-refractivity contribution in [3.63, 3.8) is 0 Å². The molecule has 1 fully saturated rings. The number of phenolic OH excluding ortho intramolecular Hbond substituents is 1. The number of nitrogens with one attached hydrogen (secondary N) is 1. The van der Waals surface area contributed by atoms with Crippen LogP contribution in [-0.2, 0) is 26.6 Å². The maximum absolute atomic E-state index is 13.6. The zero-order chi connectivity index (χ0) is 28.8. The fourth-order valence-electron chi connectivity index (χ4n) is 5.42. The fourth-order valence-corrected chi connectivity index (χ4v) is 5.98. The number of hydrogen-bond acceptors (Lipinski definition) is 6. The minimum atomic E-state index is -3.59. The number of fused-ring (bicyclic) bond motifs is 1. The lowest BCUT2D eigenvalue weighted by molar-refractivity contribution is 0.0532. The van der Waals surface area contributed by atoms with Crippen molar-refractivity contribution in [2.24, 2.45) is 0 Å². The molecule has 0 saturated carbocycles. The Morgan fingerprint density at radius 1 is 1.00 bits per heavy atom. The van der Waals surface area contributed by atoms with Crippen LogP contribution in [0.1, 0.15) is 49.2 Å². The summed E-state index contributed by atoms with van der Waals surface area (Å²) in [5, 5.41) is 10.1. The van der Waals surface area contributed by atoms with E-state index in [-0.39, 0.29) is 28.9 Å². The molecule has 5 rings (SSSR count). The van der Waals surface area contributed by atoms with Crippen LogP contribution in [0.5, 0.6) is 5.75 Å². The Morgan fingerprint density at radius 3 is 2.45 bits per heavy atom. The monoisotopic (exact) mass is 563 g/mol. The van der Waals surface area contributed by atoms with Gasteiger partial charge in [0, 0.05) is 42.1 Å². The lowest BCUT2D eigenvalue weighted by Crippen LogP contribution is -2.41. The second-order valence-electron chi connectivity index (χ2n) is 11.8. The van der Waals surface area contributed by atoms with Gasteiger partial charge in [-0.15, -0.1) is 0 Å². The van der Waals surface area contributed by atoms with E-state index in [1.807, 2.05) is 12.1 Å². The van der Waals surface area contributed by atoms with E-state index in [4.69, 9.17) is 4.74 Å². The van der Waals surface area contributed by atoms with Gasteiger partial charge in [-0.3, -0.25) is 9.52 Å². The number of ether oxygens (including phenoxy) is 1. The number of carbonyl (C=O) groups excluding carboxylic acids is 1. The Kier molecular flexibility index (Phi) is 7.31. The number of phenols is 1. The molecule has 1 amide bonds. The van der Waals surface area contributed by atoms with Crippen LogP contribution in [-0.4, -0.2) is 58.0 Å². The number of sulfonamides is 1. The Bertz CT molecular complexity index is 1560. The number of anilines is 3. The van der Waals surface area contributed by atoms with Crippen LogP contribution in [0.15, 0.2) is 54.6 Å². The molecule has 2 N–H and O–H groups in total. The van der Waals surface area contributed by atoms with Crippen LogP contribution in [0.25, 0.3) is 11.1 Å². The first-order valence-electron chi connectivity index (χ1n) is 13.6. The fraction of sp³-hybridized carbons (Fsp3) is 0.387. The largest absolute Gasteiger partial charge is 0.506 e. The zero-order valence-electron chi connectivity index (χ0n) is 23.7. The van der Waals surface area contributed by atoms with Gasteiger partial charge in [0.2, 0.25) is 10.0 Å². The number of benzene rings is 3. The van der Waals surface area contributed by atoms with Crippen molar-refractivity contribution in [1.29, 1.82) is 0 Å². The molecule has 2 heterocycles. The van der Waals surface area contributed by atoms with Gasteiger partial charge in [0.25, 0.3) is 5.91 Å². The summed E-state index contributed by atoms with van der Waals surface area (Å²) in [6.45, 7) is 11.5. The normalized spacial score (nSPS) is 18.0. The van der Waals surface area contributed by atoms with Gasteiger partial charge in [0.15, 0.2) is 0 Å². The highest BCUT2D eigenvalue weighted by Crippen LogP contribution is 2.38. The van der Waals surface area contributed by atoms with E-state index in [0.717, 1.165) is 36.0 Å². The summed E-state index contributed by atoms with van der Waals surface area (Å²) >= 11 is 0. The number of carbonyl (C=O) groups is 1. The van der Waals surface area contributed by atoms with Crippen LogP contribution in [0.2, 0.25) is 0 Å². The molecule has 1 saturated heterocycles. The van der Waals surface area contributed by atoms with E-state index in [9.17, 15) is 18.3 Å². The number of hydrogen-bond donors (Lipinski definition) is 2. The molecule has 9 heteroatoms. The summed E-state index contributed by atoms with van der Waals surface area (Å²) in [6, 6.07) is 17.2. The van der Waals surface area contributed by atoms with Crippen molar-refractivity contribution >= 4 is 33.0 Å². The third kappa shape index (κ3) is 5.81. The number of aromatic hydroxyl groups is 1. The van der Waals surface area contributed by atoms with Gasteiger partial charge in [0.05, 0.1) is 24.7 Å². The number of rotatable bonds is 5. The Balaban J connectivity index is 1.48. The summed E-state index contributed by atoms with van der Waals surface area (Å²) in [5.41, 5.74) is 6.83. The van der Waals surface area contributed by atoms with Gasteiger partial charge in [0.1, 0.15) is 5.75 Å². The predicted molar refractivity (Wildman–Crippen MR) is 160 cm³/mol. The molecule has 2 aliphatic heterocycles. The number of nitrogens with zero attached hydrogens (tertiary/aromatic N) is 2. The molecule has 0 spiro atoms. The number of morpholine rings is 1.